The zero-order valence-corrected chi connectivity index (χ0v) is 12.5. The van der Waals surface area contributed by atoms with Gasteiger partial charge in [-0.05, 0) is 37.3 Å². The summed E-state index contributed by atoms with van der Waals surface area (Å²) < 4.78 is 11.2. The van der Waals surface area contributed by atoms with Crippen LogP contribution in [-0.4, -0.2) is 18.2 Å². The van der Waals surface area contributed by atoms with Crippen LogP contribution in [0.4, 0.5) is 0 Å². The molecule has 1 aromatic carbocycles. The van der Waals surface area contributed by atoms with E-state index in [1.807, 2.05) is 43.3 Å². The van der Waals surface area contributed by atoms with Gasteiger partial charge in [-0.2, -0.15) is 5.26 Å². The van der Waals surface area contributed by atoms with E-state index in [0.717, 1.165) is 29.0 Å². The molecule has 0 spiro atoms. The smallest absolute Gasteiger partial charge is 0.130 e. The Morgan fingerprint density at radius 3 is 3.00 bits per heavy atom. The van der Waals surface area contributed by atoms with Crippen LogP contribution in [0.15, 0.2) is 36.5 Å². The number of methoxy groups -OCH3 is 1. The van der Waals surface area contributed by atoms with Crippen LogP contribution in [0.5, 0.6) is 11.5 Å². The van der Waals surface area contributed by atoms with Crippen LogP contribution < -0.4 is 9.47 Å². The van der Waals surface area contributed by atoms with Gasteiger partial charge in [0.1, 0.15) is 23.7 Å². The van der Waals surface area contributed by atoms with E-state index in [-0.39, 0.29) is 6.10 Å². The summed E-state index contributed by atoms with van der Waals surface area (Å²) in [5.41, 5.74) is 3.10. The van der Waals surface area contributed by atoms with E-state index in [2.05, 4.69) is 11.1 Å². The van der Waals surface area contributed by atoms with Gasteiger partial charge in [-0.25, -0.2) is 0 Å². The molecule has 0 unspecified atom stereocenters. The maximum Gasteiger partial charge on any atom is 0.130 e. The Kier molecular flexibility index (Phi) is 3.80. The van der Waals surface area contributed by atoms with Gasteiger partial charge in [-0.1, -0.05) is 6.07 Å². The number of fused-ring (bicyclic) bond motifs is 1. The van der Waals surface area contributed by atoms with Gasteiger partial charge in [0.15, 0.2) is 0 Å². The molecule has 0 aliphatic carbocycles. The fourth-order valence-electron chi connectivity index (χ4n) is 2.60. The molecular formula is C18H16N2O2. The second-order valence-electron chi connectivity index (χ2n) is 5.22. The third kappa shape index (κ3) is 2.66. The number of nitrogens with zero attached hydrogens (tertiary/aromatic N) is 2. The number of aromatic nitrogens is 1. The van der Waals surface area contributed by atoms with Crippen LogP contribution in [0.2, 0.25) is 0 Å². The van der Waals surface area contributed by atoms with Gasteiger partial charge >= 0.3 is 0 Å². The van der Waals surface area contributed by atoms with E-state index in [0.29, 0.717) is 11.3 Å². The molecule has 0 N–H and O–H groups in total. The first-order valence-corrected chi connectivity index (χ1v) is 7.12. The van der Waals surface area contributed by atoms with Crippen molar-refractivity contribution in [3.05, 3.63) is 53.3 Å². The molecule has 22 heavy (non-hydrogen) atoms. The van der Waals surface area contributed by atoms with Crippen LogP contribution in [-0.2, 0) is 6.42 Å². The minimum absolute atomic E-state index is 0.134. The number of pyridine rings is 1. The van der Waals surface area contributed by atoms with Crippen molar-refractivity contribution in [3.8, 4) is 17.6 Å². The second-order valence-corrected chi connectivity index (χ2v) is 5.22. The number of hydrogen-bond donors (Lipinski definition) is 0. The van der Waals surface area contributed by atoms with E-state index in [1.54, 1.807) is 13.3 Å². The van der Waals surface area contributed by atoms with Crippen LogP contribution in [0.1, 0.15) is 23.7 Å². The SMILES string of the molecule is COc1cc(/C=C(\C#N)c2ccccn2)c2c(c1)C[C@@H](C)O2. The molecule has 1 atom stereocenters. The van der Waals surface area contributed by atoms with Gasteiger partial charge in [-0.15, -0.1) is 0 Å². The van der Waals surface area contributed by atoms with E-state index in [1.165, 1.54) is 0 Å². The minimum Gasteiger partial charge on any atom is -0.497 e. The summed E-state index contributed by atoms with van der Waals surface area (Å²) in [4.78, 5) is 4.23. The Bertz CT molecular complexity index is 761. The highest BCUT2D eigenvalue weighted by molar-refractivity contribution is 5.90. The van der Waals surface area contributed by atoms with E-state index in [9.17, 15) is 5.26 Å². The molecule has 0 bridgehead atoms. The van der Waals surface area contributed by atoms with E-state index in [4.69, 9.17) is 9.47 Å². The molecule has 2 heterocycles. The first-order valence-electron chi connectivity index (χ1n) is 7.12. The van der Waals surface area contributed by atoms with Crippen LogP contribution in [0, 0.1) is 11.3 Å². The number of benzene rings is 1. The van der Waals surface area contributed by atoms with Gasteiger partial charge < -0.3 is 9.47 Å². The number of nitriles is 1. The molecule has 0 fully saturated rings. The summed E-state index contributed by atoms with van der Waals surface area (Å²) in [5.74, 6) is 1.60. The Balaban J connectivity index is 2.10. The largest absolute Gasteiger partial charge is 0.497 e. The summed E-state index contributed by atoms with van der Waals surface area (Å²) >= 11 is 0. The van der Waals surface area contributed by atoms with E-state index < -0.39 is 0 Å². The third-order valence-corrected chi connectivity index (χ3v) is 3.59. The number of ether oxygens (including phenoxy) is 2. The predicted molar refractivity (Wildman–Crippen MR) is 84.5 cm³/mol. The van der Waals surface area contributed by atoms with Gasteiger partial charge in [-0.3, -0.25) is 4.98 Å². The maximum atomic E-state index is 9.44. The molecule has 0 saturated heterocycles. The van der Waals surface area contributed by atoms with Crippen molar-refractivity contribution in [1.82, 2.24) is 4.98 Å². The molecule has 1 aromatic heterocycles. The zero-order chi connectivity index (χ0) is 15.5. The lowest BCUT2D eigenvalue weighted by molar-refractivity contribution is 0.254. The van der Waals surface area contributed by atoms with Crippen molar-refractivity contribution in [2.45, 2.75) is 19.4 Å². The molecule has 110 valence electrons. The normalized spacial score (nSPS) is 16.6. The molecular weight excluding hydrogens is 276 g/mol. The molecule has 4 heteroatoms. The summed E-state index contributed by atoms with van der Waals surface area (Å²) in [7, 11) is 1.64. The van der Waals surface area contributed by atoms with Crippen LogP contribution >= 0.6 is 0 Å². The molecule has 0 amide bonds. The molecule has 4 nitrogen and oxygen atoms in total. The summed E-state index contributed by atoms with van der Waals surface area (Å²) in [6.45, 7) is 2.03. The number of hydrogen-bond acceptors (Lipinski definition) is 4. The monoisotopic (exact) mass is 292 g/mol. The van der Waals surface area contributed by atoms with Gasteiger partial charge in [0.2, 0.25) is 0 Å². The average Bonchev–Trinajstić information content (AvgIpc) is 2.93. The highest BCUT2D eigenvalue weighted by Crippen LogP contribution is 2.37. The van der Waals surface area contributed by atoms with Crippen LogP contribution in [0.3, 0.4) is 0 Å². The van der Waals surface area contributed by atoms with Crippen molar-refractivity contribution >= 4 is 11.6 Å². The zero-order valence-electron chi connectivity index (χ0n) is 12.5. The lowest BCUT2D eigenvalue weighted by Crippen LogP contribution is -2.05. The number of rotatable bonds is 3. The van der Waals surface area contributed by atoms with Gasteiger partial charge in [0.25, 0.3) is 0 Å². The average molecular weight is 292 g/mol. The fourth-order valence-corrected chi connectivity index (χ4v) is 2.60. The Morgan fingerprint density at radius 1 is 1.45 bits per heavy atom. The lowest BCUT2D eigenvalue weighted by atomic mass is 10.0. The topological polar surface area (TPSA) is 55.1 Å². The fraction of sp³-hybridized carbons (Fsp3) is 0.222. The molecule has 2 aromatic rings. The van der Waals surface area contributed by atoms with Gasteiger partial charge in [0.05, 0.1) is 18.4 Å². The molecule has 3 rings (SSSR count). The molecule has 1 aliphatic heterocycles. The van der Waals surface area contributed by atoms with Gasteiger partial charge in [0, 0.05) is 23.7 Å². The Labute approximate surface area is 129 Å². The standard InChI is InChI=1S/C18H16N2O2/c1-12-7-13-9-16(21-2)10-14(18(13)22-12)8-15(11-19)17-5-3-4-6-20-17/h3-6,8-10,12H,7H2,1-2H3/b15-8+/t12-/m1/s1. The highest BCUT2D eigenvalue weighted by Gasteiger charge is 2.23. The van der Waals surface area contributed by atoms with Crippen molar-refractivity contribution in [1.29, 1.82) is 5.26 Å². The van der Waals surface area contributed by atoms with Crippen LogP contribution in [0.25, 0.3) is 11.6 Å². The van der Waals surface area contributed by atoms with Crippen molar-refractivity contribution in [2.24, 2.45) is 0 Å². The minimum atomic E-state index is 0.134. The Hall–Kier alpha value is -2.80. The molecule has 0 saturated carbocycles. The van der Waals surface area contributed by atoms with Crippen molar-refractivity contribution in [2.75, 3.05) is 7.11 Å². The lowest BCUT2D eigenvalue weighted by Gasteiger charge is -2.09. The molecule has 1 aliphatic rings. The van der Waals surface area contributed by atoms with Crippen molar-refractivity contribution in [3.63, 3.8) is 0 Å². The quantitative estimate of drug-likeness (QED) is 0.813. The summed E-state index contributed by atoms with van der Waals surface area (Å²) in [6, 6.07) is 11.6. The Morgan fingerprint density at radius 2 is 2.32 bits per heavy atom. The first kappa shape index (κ1) is 14.2. The third-order valence-electron chi connectivity index (χ3n) is 3.59. The molecule has 0 radical (unpaired) electrons. The predicted octanol–water partition coefficient (Wildman–Crippen LogP) is 3.48. The number of allylic oxidation sites excluding steroid dienone is 1. The van der Waals surface area contributed by atoms with Crippen molar-refractivity contribution < 1.29 is 9.47 Å². The highest BCUT2D eigenvalue weighted by atomic mass is 16.5. The summed E-state index contributed by atoms with van der Waals surface area (Å²) in [5, 5.41) is 9.44. The second kappa shape index (κ2) is 5.90. The van der Waals surface area contributed by atoms with E-state index >= 15 is 0 Å². The maximum absolute atomic E-state index is 9.44. The first-order chi connectivity index (χ1) is 10.7. The summed E-state index contributed by atoms with van der Waals surface area (Å²) in [6.07, 6.45) is 4.46.